The molecular formula is C47H43N9O9. The predicted octanol–water partition coefficient (Wildman–Crippen LogP) is 1.55. The van der Waals surface area contributed by atoms with Gasteiger partial charge in [0.05, 0.1) is 29.5 Å². The second-order valence-corrected chi connectivity index (χ2v) is 15.3. The number of fused-ring (bicyclic) bond motifs is 2. The first-order valence-electron chi connectivity index (χ1n) is 20.1. The molecule has 0 radical (unpaired) electrons. The van der Waals surface area contributed by atoms with Crippen molar-refractivity contribution in [2.45, 2.75) is 24.0 Å². The number of carbonyl (C=O) groups is 6. The second-order valence-electron chi connectivity index (χ2n) is 15.3. The third kappa shape index (κ3) is 8.72. The first kappa shape index (κ1) is 44.7. The highest BCUT2D eigenvalue weighted by Crippen LogP contribution is 2.27. The van der Waals surface area contributed by atoms with E-state index in [4.69, 9.17) is 10.5 Å². The van der Waals surface area contributed by atoms with Crippen LogP contribution in [0.4, 0.5) is 0 Å². The van der Waals surface area contributed by atoms with Crippen LogP contribution in [-0.4, -0.2) is 135 Å². The molecule has 0 bridgehead atoms. The molecule has 2 aliphatic heterocycles. The van der Waals surface area contributed by atoms with Crippen LogP contribution in [0.25, 0.3) is 33.2 Å². The summed E-state index contributed by atoms with van der Waals surface area (Å²) >= 11 is 0. The molecule has 18 heteroatoms. The van der Waals surface area contributed by atoms with E-state index >= 15 is 0 Å². The minimum Gasteiger partial charge on any atom is -0.464 e. The van der Waals surface area contributed by atoms with Gasteiger partial charge in [-0.2, -0.15) is 10.2 Å². The lowest BCUT2D eigenvalue weighted by Gasteiger charge is -2.13. The summed E-state index contributed by atoms with van der Waals surface area (Å²) in [6, 6.07) is 23.8. The molecule has 2 fully saturated rings. The van der Waals surface area contributed by atoms with Crippen LogP contribution in [-0.2, 0) is 14.3 Å². The second kappa shape index (κ2) is 17.8. The molecule has 18 nitrogen and oxygen atoms in total. The lowest BCUT2D eigenvalue weighted by Crippen LogP contribution is -2.37. The van der Waals surface area contributed by atoms with Gasteiger partial charge in [0.25, 0.3) is 29.5 Å². The molecule has 0 spiro atoms. The van der Waals surface area contributed by atoms with Gasteiger partial charge in [-0.15, -0.1) is 0 Å². The summed E-state index contributed by atoms with van der Waals surface area (Å²) in [5.74, 6) is 8.35. The standard InChI is InChI=1S/C24H22N4O5.C23H21N5O4/c1-25-21(29)16-7-8-19-18(14-16)20(22(30)33-3)26-28(19)17-6-4-5-15(13-17)9-10-24(32)11-12-27(2)23(24)31;1-25-21(30)15-6-7-18-17(13-15)19(20(24)29)26-28(18)16-5-3-4-14(12-16)8-9-23(32)10-11-27(2)22(23)31/h4-8,13-14,32H,11-12H2,1-3H3,(H,25,29);3-7,12-13,32H,10-11H2,1-2H3,(H2,24,29)(H,25,30)/t24-;23-/m00/s1. The van der Waals surface area contributed by atoms with Gasteiger partial charge in [0.2, 0.25) is 11.2 Å². The number of hydrogen-bond donors (Lipinski definition) is 5. The van der Waals surface area contributed by atoms with Gasteiger partial charge in [0.15, 0.2) is 11.4 Å². The number of aliphatic hydroxyl groups is 2. The molecule has 0 unspecified atom stereocenters. The third-order valence-corrected chi connectivity index (χ3v) is 11.0. The first-order chi connectivity index (χ1) is 31.0. The Morgan fingerprint density at radius 2 is 1.11 bits per heavy atom. The van der Waals surface area contributed by atoms with Crippen molar-refractivity contribution >= 4 is 57.3 Å². The maximum atomic E-state index is 12.3. The fraction of sp³-hybridized carbons (Fsp3) is 0.234. The number of ether oxygens (including phenoxy) is 1. The van der Waals surface area contributed by atoms with Crippen molar-refractivity contribution < 1.29 is 43.7 Å². The molecule has 2 atom stereocenters. The molecule has 6 N–H and O–H groups in total. The minimum atomic E-state index is -1.70. The highest BCUT2D eigenvalue weighted by Gasteiger charge is 2.43. The highest BCUT2D eigenvalue weighted by molar-refractivity contribution is 6.08. The number of esters is 1. The number of carbonyl (C=O) groups excluding carboxylic acids is 6. The van der Waals surface area contributed by atoms with E-state index in [0.29, 0.717) is 68.5 Å². The maximum absolute atomic E-state index is 12.3. The zero-order chi connectivity index (χ0) is 46.8. The van der Waals surface area contributed by atoms with Gasteiger partial charge in [-0.05, 0) is 72.8 Å². The van der Waals surface area contributed by atoms with Crippen LogP contribution in [0.2, 0.25) is 0 Å². The van der Waals surface area contributed by atoms with Crippen LogP contribution in [0, 0.1) is 23.7 Å². The van der Waals surface area contributed by atoms with Crippen LogP contribution in [0.15, 0.2) is 84.9 Å². The normalized spacial score (nSPS) is 17.7. The van der Waals surface area contributed by atoms with Crippen molar-refractivity contribution in [1.29, 1.82) is 0 Å². The van der Waals surface area contributed by atoms with Gasteiger partial charge in [-0.3, -0.25) is 24.0 Å². The largest absolute Gasteiger partial charge is 0.464 e. The number of amides is 5. The number of nitrogens with one attached hydrogen (secondary N) is 2. The van der Waals surface area contributed by atoms with Crippen molar-refractivity contribution in [3.8, 4) is 35.1 Å². The van der Waals surface area contributed by atoms with E-state index in [1.54, 1.807) is 104 Å². The number of nitrogens with zero attached hydrogens (tertiary/aromatic N) is 6. The topological polar surface area (TPSA) is 244 Å². The molecule has 2 aromatic heterocycles. The van der Waals surface area contributed by atoms with Crippen LogP contribution >= 0.6 is 0 Å². The van der Waals surface area contributed by atoms with Crippen LogP contribution in [0.1, 0.15) is 65.7 Å². The van der Waals surface area contributed by atoms with E-state index in [1.165, 1.54) is 35.7 Å². The van der Waals surface area contributed by atoms with E-state index in [9.17, 15) is 39.0 Å². The molecule has 8 rings (SSSR count). The Morgan fingerprint density at radius 3 is 1.49 bits per heavy atom. The number of benzene rings is 4. The summed E-state index contributed by atoms with van der Waals surface area (Å²) in [7, 11) is 7.55. The summed E-state index contributed by atoms with van der Waals surface area (Å²) < 4.78 is 7.97. The van der Waals surface area contributed by atoms with Gasteiger partial charge in [0, 0.05) is 87.1 Å². The van der Waals surface area contributed by atoms with Crippen molar-refractivity contribution in [3.63, 3.8) is 0 Å². The lowest BCUT2D eigenvalue weighted by atomic mass is 10.0. The molecule has 330 valence electrons. The Balaban J connectivity index is 0.000000194. The Labute approximate surface area is 371 Å². The summed E-state index contributed by atoms with van der Waals surface area (Å²) in [6.45, 7) is 0.884. The number of primary amides is 1. The number of rotatable bonds is 6. The Hall–Kier alpha value is -8.32. The average Bonchev–Trinajstić information content (AvgIpc) is 4.05. The van der Waals surface area contributed by atoms with Crippen molar-refractivity contribution in [3.05, 3.63) is 119 Å². The molecule has 0 aliphatic carbocycles. The number of methoxy groups -OCH3 is 1. The summed E-state index contributed by atoms with van der Waals surface area (Å²) in [5, 5.41) is 35.8. The predicted molar refractivity (Wildman–Crippen MR) is 237 cm³/mol. The van der Waals surface area contributed by atoms with Crippen molar-refractivity contribution in [2.75, 3.05) is 48.4 Å². The molecule has 0 saturated carbocycles. The molecule has 5 amide bonds. The number of aromatic nitrogens is 4. The van der Waals surface area contributed by atoms with E-state index in [0.717, 1.165) is 0 Å². The number of hydrogen-bond acceptors (Lipinski definition) is 11. The number of nitrogens with two attached hydrogens (primary N) is 1. The zero-order valence-corrected chi connectivity index (χ0v) is 35.9. The van der Waals surface area contributed by atoms with Gasteiger partial charge >= 0.3 is 5.97 Å². The fourth-order valence-corrected chi connectivity index (χ4v) is 7.35. The highest BCUT2D eigenvalue weighted by atomic mass is 16.5. The number of likely N-dealkylation sites (tertiary alicyclic amines) is 2. The molecule has 65 heavy (non-hydrogen) atoms. The van der Waals surface area contributed by atoms with Gasteiger partial charge in [-0.25, -0.2) is 14.2 Å². The quantitative estimate of drug-likeness (QED) is 0.119. The van der Waals surface area contributed by atoms with E-state index < -0.39 is 34.9 Å². The van der Waals surface area contributed by atoms with Crippen molar-refractivity contribution in [2.24, 2.45) is 5.73 Å². The molecule has 2 aliphatic rings. The smallest absolute Gasteiger partial charge is 0.359 e. The monoisotopic (exact) mass is 877 g/mol. The van der Waals surface area contributed by atoms with E-state index in [-0.39, 0.29) is 36.0 Å². The summed E-state index contributed by atoms with van der Waals surface area (Å²) in [5.41, 5.74) is 6.51. The number of likely N-dealkylation sites (N-methyl/N-ethyl adjacent to an activating group) is 2. The van der Waals surface area contributed by atoms with Gasteiger partial charge in [0.1, 0.15) is 0 Å². The Bertz CT molecular complexity index is 3100. The average molecular weight is 878 g/mol. The van der Waals surface area contributed by atoms with Crippen molar-refractivity contribution in [1.82, 2.24) is 40.0 Å². The minimum absolute atomic E-state index is 0.0381. The Morgan fingerprint density at radius 1 is 0.677 bits per heavy atom. The SMILES string of the molecule is CNC(=O)c1ccc2c(c1)c(C(=O)OC)nn2-c1cccc(C#C[C@]2(O)CCN(C)C2=O)c1.CNC(=O)c1ccc2c(c1)c(C(N)=O)nn2-c1cccc(C#C[C@]2(O)CCN(C)C2=O)c1. The molecular weight excluding hydrogens is 835 g/mol. The maximum Gasteiger partial charge on any atom is 0.359 e. The first-order valence-corrected chi connectivity index (χ1v) is 20.1. The summed E-state index contributed by atoms with van der Waals surface area (Å²) in [6.07, 6.45) is 0.490. The van der Waals surface area contributed by atoms with E-state index in [1.807, 2.05) is 0 Å². The van der Waals surface area contributed by atoms with E-state index in [2.05, 4.69) is 44.5 Å². The van der Waals surface area contributed by atoms with Crippen LogP contribution in [0.3, 0.4) is 0 Å². The Kier molecular flexibility index (Phi) is 12.3. The third-order valence-electron chi connectivity index (χ3n) is 11.0. The van der Waals surface area contributed by atoms with Gasteiger partial charge < -0.3 is 41.1 Å². The van der Waals surface area contributed by atoms with Crippen LogP contribution < -0.4 is 16.4 Å². The van der Waals surface area contributed by atoms with Gasteiger partial charge in [-0.1, -0.05) is 35.8 Å². The molecule has 4 heterocycles. The summed E-state index contributed by atoms with van der Waals surface area (Å²) in [4.78, 5) is 75.6. The zero-order valence-electron chi connectivity index (χ0n) is 35.9. The fourth-order valence-electron chi connectivity index (χ4n) is 7.35. The van der Waals surface area contributed by atoms with Crippen LogP contribution in [0.5, 0.6) is 0 Å². The lowest BCUT2D eigenvalue weighted by molar-refractivity contribution is -0.138. The molecule has 2 saturated heterocycles. The molecule has 4 aromatic carbocycles. The molecule has 6 aromatic rings.